The van der Waals surface area contributed by atoms with Crippen molar-refractivity contribution in [1.82, 2.24) is 10.6 Å². The first-order chi connectivity index (χ1) is 18.6. The number of carbonyl (C=O) groups is 4. The van der Waals surface area contributed by atoms with Crippen LogP contribution in [-0.2, 0) is 36.9 Å². The van der Waals surface area contributed by atoms with E-state index in [-0.39, 0.29) is 30.0 Å². The summed E-state index contributed by atoms with van der Waals surface area (Å²) in [5.41, 5.74) is 0.502. The van der Waals surface area contributed by atoms with Gasteiger partial charge in [-0.3, -0.25) is 14.4 Å². The lowest BCUT2D eigenvalue weighted by atomic mass is 9.94. The molecule has 0 spiro atoms. The lowest BCUT2D eigenvalue weighted by Crippen LogP contribution is -2.61. The Bertz CT molecular complexity index is 1130. The van der Waals surface area contributed by atoms with Gasteiger partial charge in [-0.2, -0.15) is 0 Å². The fraction of sp³-hybridized carbons (Fsp3) is 0.467. The lowest BCUT2D eigenvalue weighted by Gasteiger charge is -2.33. The fourth-order valence-corrected chi connectivity index (χ4v) is 5.48. The molecule has 0 aliphatic heterocycles. The molecule has 2 amide bonds. The number of amides is 2. The first kappa shape index (κ1) is 30.2. The highest BCUT2D eigenvalue weighted by molar-refractivity contribution is 8.14. The monoisotopic (exact) mass is 554 g/mol. The fourth-order valence-electron chi connectivity index (χ4n) is 4.68. The Hall–Kier alpha value is -3.33. The van der Waals surface area contributed by atoms with Gasteiger partial charge in [0.15, 0.2) is 5.12 Å². The summed E-state index contributed by atoms with van der Waals surface area (Å²) < 4.78 is 10.8. The predicted molar refractivity (Wildman–Crippen MR) is 151 cm³/mol. The molecule has 0 aromatic heterocycles. The van der Waals surface area contributed by atoms with Gasteiger partial charge < -0.3 is 20.1 Å². The zero-order chi connectivity index (χ0) is 28.4. The van der Waals surface area contributed by atoms with E-state index in [1.54, 1.807) is 19.2 Å². The van der Waals surface area contributed by atoms with Crippen LogP contribution in [0.2, 0.25) is 0 Å². The Balaban J connectivity index is 1.80. The number of methoxy groups -OCH3 is 1. The van der Waals surface area contributed by atoms with E-state index in [4.69, 9.17) is 9.47 Å². The van der Waals surface area contributed by atoms with Gasteiger partial charge in [-0.05, 0) is 42.0 Å². The summed E-state index contributed by atoms with van der Waals surface area (Å²) in [4.78, 5) is 52.0. The summed E-state index contributed by atoms with van der Waals surface area (Å²) in [5, 5.41) is 5.09. The second-order valence-electron chi connectivity index (χ2n) is 10.2. The van der Waals surface area contributed by atoms with E-state index in [0.29, 0.717) is 18.6 Å². The van der Waals surface area contributed by atoms with E-state index in [9.17, 15) is 19.2 Å². The Labute approximate surface area is 234 Å². The molecule has 9 heteroatoms. The molecule has 210 valence electrons. The molecule has 2 N–H and O–H groups in total. The Morgan fingerprint density at radius 1 is 0.949 bits per heavy atom. The number of nitrogens with one attached hydrogen (secondary N) is 2. The summed E-state index contributed by atoms with van der Waals surface area (Å²) in [6.45, 7) is 5.25. The Morgan fingerprint density at radius 3 is 2.15 bits per heavy atom. The SMILES string of the molecule is COc1ccc(C[C@H](NC(=O)C2(NC(=O)[C@H](SC(C)=O)C(C)C)CCCC2)C(=O)OCc2ccccc2)cc1. The molecule has 0 heterocycles. The molecule has 0 unspecified atom stereocenters. The molecule has 1 saturated carbocycles. The van der Waals surface area contributed by atoms with Crippen LogP contribution >= 0.6 is 11.8 Å². The van der Waals surface area contributed by atoms with Crippen LogP contribution in [0.3, 0.4) is 0 Å². The molecule has 1 fully saturated rings. The zero-order valence-corrected chi connectivity index (χ0v) is 23.8. The molecule has 8 nitrogen and oxygen atoms in total. The number of esters is 1. The maximum atomic E-state index is 13.8. The molecule has 1 aliphatic rings. The third kappa shape index (κ3) is 8.58. The molecule has 39 heavy (non-hydrogen) atoms. The number of benzene rings is 2. The van der Waals surface area contributed by atoms with Crippen LogP contribution in [0.5, 0.6) is 5.75 Å². The second kappa shape index (κ2) is 14.2. The van der Waals surface area contributed by atoms with E-state index in [1.807, 2.05) is 56.3 Å². The van der Waals surface area contributed by atoms with Gasteiger partial charge in [-0.15, -0.1) is 0 Å². The van der Waals surface area contributed by atoms with Crippen molar-refractivity contribution in [3.8, 4) is 5.75 Å². The van der Waals surface area contributed by atoms with Crippen LogP contribution in [0, 0.1) is 5.92 Å². The van der Waals surface area contributed by atoms with Crippen molar-refractivity contribution in [2.24, 2.45) is 5.92 Å². The Morgan fingerprint density at radius 2 is 1.59 bits per heavy atom. The lowest BCUT2D eigenvalue weighted by molar-refractivity contribution is -0.150. The summed E-state index contributed by atoms with van der Waals surface area (Å²) >= 11 is 0.971. The average molecular weight is 555 g/mol. The van der Waals surface area contributed by atoms with Crippen molar-refractivity contribution in [3.05, 3.63) is 65.7 Å². The third-order valence-electron chi connectivity index (χ3n) is 6.82. The zero-order valence-electron chi connectivity index (χ0n) is 23.0. The van der Waals surface area contributed by atoms with E-state index < -0.39 is 28.7 Å². The highest BCUT2D eigenvalue weighted by atomic mass is 32.2. The molecule has 1 aliphatic carbocycles. The van der Waals surface area contributed by atoms with Gasteiger partial charge in [0.2, 0.25) is 11.8 Å². The molecule has 0 radical (unpaired) electrons. The topological polar surface area (TPSA) is 111 Å². The molecule has 3 rings (SSSR count). The summed E-state index contributed by atoms with van der Waals surface area (Å²) in [6.07, 6.45) is 2.65. The standard InChI is InChI=1S/C30H38N2O6S/c1-20(2)26(39-21(3)33)27(34)32-30(16-8-9-17-30)29(36)31-25(18-22-12-14-24(37-4)15-13-22)28(35)38-19-23-10-6-5-7-11-23/h5-7,10-15,20,25-26H,8-9,16-19H2,1-4H3,(H,31,36)(H,32,34)/t25-,26+/m0/s1. The van der Waals surface area contributed by atoms with Crippen molar-refractivity contribution in [2.75, 3.05) is 7.11 Å². The maximum Gasteiger partial charge on any atom is 0.329 e. The maximum absolute atomic E-state index is 13.8. The molecule has 2 aromatic carbocycles. The molecule has 0 saturated heterocycles. The average Bonchev–Trinajstić information content (AvgIpc) is 3.40. The quantitative estimate of drug-likeness (QED) is 0.378. The summed E-state index contributed by atoms with van der Waals surface area (Å²) in [7, 11) is 1.58. The van der Waals surface area contributed by atoms with Crippen molar-refractivity contribution < 1.29 is 28.7 Å². The van der Waals surface area contributed by atoms with Crippen LogP contribution in [0.15, 0.2) is 54.6 Å². The normalized spacial score (nSPS) is 15.7. The smallest absolute Gasteiger partial charge is 0.329 e. The minimum atomic E-state index is -1.15. The van der Waals surface area contributed by atoms with Crippen LogP contribution < -0.4 is 15.4 Å². The first-order valence-electron chi connectivity index (χ1n) is 13.3. The van der Waals surface area contributed by atoms with Crippen LogP contribution in [-0.4, -0.2) is 46.8 Å². The van der Waals surface area contributed by atoms with Crippen molar-refractivity contribution in [1.29, 1.82) is 0 Å². The van der Waals surface area contributed by atoms with Gasteiger partial charge in [-0.25, -0.2) is 4.79 Å². The number of ether oxygens (including phenoxy) is 2. The van der Waals surface area contributed by atoms with Crippen molar-refractivity contribution in [2.45, 2.75) is 76.3 Å². The van der Waals surface area contributed by atoms with Gasteiger partial charge in [0.25, 0.3) is 0 Å². The number of thioether (sulfide) groups is 1. The minimum Gasteiger partial charge on any atom is -0.497 e. The number of hydrogen-bond donors (Lipinski definition) is 2. The van der Waals surface area contributed by atoms with Crippen molar-refractivity contribution >= 4 is 34.7 Å². The predicted octanol–water partition coefficient (Wildman–Crippen LogP) is 4.20. The van der Waals surface area contributed by atoms with Gasteiger partial charge in [0, 0.05) is 13.3 Å². The van der Waals surface area contributed by atoms with Gasteiger partial charge in [0.1, 0.15) is 23.9 Å². The van der Waals surface area contributed by atoms with Gasteiger partial charge >= 0.3 is 5.97 Å². The van der Waals surface area contributed by atoms with Crippen LogP contribution in [0.1, 0.15) is 57.6 Å². The van der Waals surface area contributed by atoms with Gasteiger partial charge in [-0.1, -0.05) is 80.9 Å². The van der Waals surface area contributed by atoms with E-state index >= 15 is 0 Å². The van der Waals surface area contributed by atoms with E-state index in [1.165, 1.54) is 6.92 Å². The van der Waals surface area contributed by atoms with E-state index in [0.717, 1.165) is 35.7 Å². The van der Waals surface area contributed by atoms with E-state index in [2.05, 4.69) is 10.6 Å². The highest BCUT2D eigenvalue weighted by Gasteiger charge is 2.45. The largest absolute Gasteiger partial charge is 0.497 e. The van der Waals surface area contributed by atoms with Crippen LogP contribution in [0.25, 0.3) is 0 Å². The van der Waals surface area contributed by atoms with Crippen molar-refractivity contribution in [3.63, 3.8) is 0 Å². The highest BCUT2D eigenvalue weighted by Crippen LogP contribution is 2.32. The molecular formula is C30H38N2O6S. The number of carbonyl (C=O) groups excluding carboxylic acids is 4. The molecule has 2 atom stereocenters. The minimum absolute atomic E-state index is 0.0782. The Kier molecular flexibility index (Phi) is 11.0. The summed E-state index contributed by atoms with van der Waals surface area (Å²) in [5.74, 6) is -0.743. The second-order valence-corrected chi connectivity index (χ2v) is 11.5. The number of hydrogen-bond acceptors (Lipinski definition) is 7. The molecule has 0 bridgehead atoms. The molecular weight excluding hydrogens is 516 g/mol. The molecule has 2 aromatic rings. The number of rotatable bonds is 12. The van der Waals surface area contributed by atoms with Crippen LogP contribution in [0.4, 0.5) is 0 Å². The van der Waals surface area contributed by atoms with Gasteiger partial charge in [0.05, 0.1) is 12.4 Å². The summed E-state index contributed by atoms with van der Waals surface area (Å²) in [6, 6.07) is 15.6. The third-order valence-corrected chi connectivity index (χ3v) is 8.17. The first-order valence-corrected chi connectivity index (χ1v) is 14.1.